The van der Waals surface area contributed by atoms with Crippen molar-refractivity contribution in [2.24, 2.45) is 0 Å². The quantitative estimate of drug-likeness (QED) is 0.170. The lowest BCUT2D eigenvalue weighted by Crippen LogP contribution is -2.39. The Kier molecular flexibility index (Phi) is 10.3. The van der Waals surface area contributed by atoms with Gasteiger partial charge in [-0.1, -0.05) is 47.6 Å². The number of benzene rings is 3. The van der Waals surface area contributed by atoms with Crippen LogP contribution in [0.25, 0.3) is 0 Å². The molecule has 3 rings (SSSR count). The summed E-state index contributed by atoms with van der Waals surface area (Å²) in [6.07, 6.45) is -0.517. The van der Waals surface area contributed by atoms with Gasteiger partial charge in [-0.05, 0) is 61.5 Å². The van der Waals surface area contributed by atoms with Crippen molar-refractivity contribution in [2.45, 2.75) is 32.8 Å². The Bertz CT molecular complexity index is 1230. The highest BCUT2D eigenvalue weighted by molar-refractivity contribution is 8.00. The second kappa shape index (κ2) is 13.0. The van der Waals surface area contributed by atoms with Crippen LogP contribution in [-0.2, 0) is 16.4 Å². The van der Waals surface area contributed by atoms with E-state index in [4.69, 9.17) is 16.3 Å². The molecule has 0 aliphatic rings. The first-order valence-electron chi connectivity index (χ1n) is 10.7. The van der Waals surface area contributed by atoms with Gasteiger partial charge >= 0.3 is 0 Å². The monoisotopic (exact) mass is 553 g/mol. The van der Waals surface area contributed by atoms with E-state index in [0.29, 0.717) is 34.2 Å². The minimum Gasteiger partial charge on any atom is -0.496 e. The molecule has 0 aliphatic carbocycles. The molecule has 0 aromatic heterocycles. The van der Waals surface area contributed by atoms with Crippen molar-refractivity contribution in [2.75, 3.05) is 20.7 Å². The van der Waals surface area contributed by atoms with Gasteiger partial charge in [0.05, 0.1) is 12.0 Å². The first-order valence-corrected chi connectivity index (χ1v) is 13.9. The zero-order valence-electron chi connectivity index (χ0n) is 19.2. The van der Waals surface area contributed by atoms with Crippen molar-refractivity contribution in [3.05, 3.63) is 82.9 Å². The van der Waals surface area contributed by atoms with E-state index in [-0.39, 0.29) is 4.90 Å². The molecule has 0 heterocycles. The van der Waals surface area contributed by atoms with Crippen molar-refractivity contribution in [3.63, 3.8) is 0 Å². The van der Waals surface area contributed by atoms with Crippen LogP contribution in [0.15, 0.2) is 81.4 Å². The van der Waals surface area contributed by atoms with E-state index < -0.39 is 21.7 Å². The maximum atomic E-state index is 13.1. The Morgan fingerprint density at radius 3 is 2.54 bits per heavy atom. The topological polar surface area (TPSA) is 99.7 Å². The van der Waals surface area contributed by atoms with E-state index in [0.717, 1.165) is 10.5 Å². The second-order valence-electron chi connectivity index (χ2n) is 7.50. The van der Waals surface area contributed by atoms with Gasteiger partial charge in [0.25, 0.3) is 0 Å². The van der Waals surface area contributed by atoms with Crippen LogP contribution in [0.1, 0.15) is 17.4 Å². The zero-order valence-corrected chi connectivity index (χ0v) is 22.5. The largest absolute Gasteiger partial charge is 0.496 e. The number of nitrogens with one attached hydrogen (secondary N) is 3. The molecular weight excluding hydrogens is 526 g/mol. The molecule has 188 valence electrons. The lowest BCUT2D eigenvalue weighted by Gasteiger charge is -2.18. The molecule has 3 aromatic carbocycles. The summed E-state index contributed by atoms with van der Waals surface area (Å²) in [4.78, 5) is 1.68. The third-order valence-electron chi connectivity index (χ3n) is 5.05. The van der Waals surface area contributed by atoms with Gasteiger partial charge in [0.2, 0.25) is 10.0 Å². The smallest absolute Gasteiger partial charge is 0.243 e. The maximum Gasteiger partial charge on any atom is 0.243 e. The molecule has 11 heteroatoms. The average molecular weight is 554 g/mol. The Hall–Kier alpha value is -1.76. The minimum absolute atomic E-state index is 0.162. The normalized spacial score (nSPS) is 13.4. The molecule has 0 saturated heterocycles. The Morgan fingerprint density at radius 1 is 1.11 bits per heavy atom. The fourth-order valence-electron chi connectivity index (χ4n) is 3.27. The molecule has 0 fully saturated rings. The van der Waals surface area contributed by atoms with Crippen molar-refractivity contribution >= 4 is 46.0 Å². The highest BCUT2D eigenvalue weighted by Gasteiger charge is 2.22. The summed E-state index contributed by atoms with van der Waals surface area (Å²) in [7, 11) is -0.719. The lowest BCUT2D eigenvalue weighted by atomic mass is 10.1. The summed E-state index contributed by atoms with van der Waals surface area (Å²) < 4.78 is 34.1. The van der Waals surface area contributed by atoms with Crippen LogP contribution in [0.2, 0.25) is 5.02 Å². The summed E-state index contributed by atoms with van der Waals surface area (Å²) in [5, 5.41) is 16.9. The zero-order chi connectivity index (χ0) is 25.4. The molecule has 2 unspecified atom stereocenters. The van der Waals surface area contributed by atoms with Gasteiger partial charge in [0.15, 0.2) is 0 Å². The Labute approximate surface area is 221 Å². The van der Waals surface area contributed by atoms with E-state index in [1.165, 1.54) is 18.9 Å². The number of ether oxygens (including phenoxy) is 1. The Balaban J connectivity index is 1.79. The van der Waals surface area contributed by atoms with Gasteiger partial charge in [-0.2, -0.15) is 4.72 Å². The molecule has 0 radical (unpaired) electrons. The molecule has 0 saturated carbocycles. The fourth-order valence-corrected chi connectivity index (χ4v) is 6.34. The molecule has 4 N–H and O–H groups in total. The second-order valence-corrected chi connectivity index (χ2v) is 11.3. The predicted molar refractivity (Wildman–Crippen MR) is 144 cm³/mol. The summed E-state index contributed by atoms with van der Waals surface area (Å²) in [5.74, 6) is 0.516. The summed E-state index contributed by atoms with van der Waals surface area (Å²) in [5.41, 5.74) is 0.581. The molecule has 0 aliphatic heterocycles. The summed E-state index contributed by atoms with van der Waals surface area (Å²) in [6, 6.07) is 19.9. The van der Waals surface area contributed by atoms with Crippen molar-refractivity contribution in [1.29, 1.82) is 0 Å². The highest BCUT2D eigenvalue weighted by Crippen LogP contribution is 2.34. The van der Waals surface area contributed by atoms with Crippen LogP contribution in [0.5, 0.6) is 5.75 Å². The van der Waals surface area contributed by atoms with E-state index in [2.05, 4.69) is 28.0 Å². The standard InChI is InChI=1S/C24H28ClN3O4S3/c1-26-24(33)28-35(30,31)22-14-16(8-11-21(22)34-18-6-4-3-5-7-18)12-13-27-23(29)19-15-17(25)9-10-20(19)32-2/h3-11,14-15,23-24,26-29,33H,12-13H2,1-2H3. The molecule has 7 nitrogen and oxygen atoms in total. The molecular formula is C24H28ClN3O4S3. The number of thiol groups is 1. The first kappa shape index (κ1) is 27.8. The molecule has 2 atom stereocenters. The van der Waals surface area contributed by atoms with Gasteiger partial charge < -0.3 is 9.84 Å². The molecule has 0 bridgehead atoms. The van der Waals surface area contributed by atoms with Gasteiger partial charge in [-0.15, -0.1) is 12.6 Å². The minimum atomic E-state index is -3.85. The summed E-state index contributed by atoms with van der Waals surface area (Å²) >= 11 is 11.6. The van der Waals surface area contributed by atoms with Crippen LogP contribution in [0.4, 0.5) is 0 Å². The van der Waals surface area contributed by atoms with Gasteiger partial charge in [0, 0.05) is 26.9 Å². The van der Waals surface area contributed by atoms with Crippen molar-refractivity contribution in [3.8, 4) is 5.75 Å². The van der Waals surface area contributed by atoms with Crippen LogP contribution < -0.4 is 20.1 Å². The third kappa shape index (κ3) is 7.86. The SMILES string of the molecule is CNC(S)NS(=O)(=O)c1cc(CCNC(O)c2cc(Cl)ccc2OC)ccc1Sc1ccccc1. The van der Waals surface area contributed by atoms with Crippen LogP contribution in [-0.4, -0.2) is 39.7 Å². The van der Waals surface area contributed by atoms with Gasteiger partial charge in [0.1, 0.15) is 17.5 Å². The number of rotatable bonds is 12. The summed E-state index contributed by atoms with van der Waals surface area (Å²) in [6.45, 7) is 0.390. The molecule has 0 spiro atoms. The fraction of sp³-hybridized carbons (Fsp3) is 0.250. The number of methoxy groups -OCH3 is 1. The number of halogens is 1. The van der Waals surface area contributed by atoms with E-state index in [9.17, 15) is 13.5 Å². The number of sulfonamides is 1. The van der Waals surface area contributed by atoms with E-state index in [1.807, 2.05) is 36.4 Å². The molecule has 35 heavy (non-hydrogen) atoms. The average Bonchev–Trinajstić information content (AvgIpc) is 2.85. The third-order valence-corrected chi connectivity index (χ3v) is 8.52. The van der Waals surface area contributed by atoms with Crippen LogP contribution >= 0.6 is 36.0 Å². The highest BCUT2D eigenvalue weighted by atomic mass is 35.5. The van der Waals surface area contributed by atoms with E-state index >= 15 is 0 Å². The van der Waals surface area contributed by atoms with Crippen molar-refractivity contribution < 1.29 is 18.3 Å². The predicted octanol–water partition coefficient (Wildman–Crippen LogP) is 4.03. The number of hydrogen-bond acceptors (Lipinski definition) is 8. The maximum absolute atomic E-state index is 13.1. The van der Waals surface area contributed by atoms with E-state index in [1.54, 1.807) is 37.4 Å². The first-order chi connectivity index (χ1) is 16.7. The number of aliphatic hydroxyl groups is 1. The van der Waals surface area contributed by atoms with Crippen LogP contribution in [0, 0.1) is 0 Å². The molecule has 3 aromatic rings. The number of aliphatic hydroxyl groups excluding tert-OH is 1. The number of hydrogen-bond donors (Lipinski definition) is 5. The van der Waals surface area contributed by atoms with Crippen molar-refractivity contribution in [1.82, 2.24) is 15.4 Å². The Morgan fingerprint density at radius 2 is 1.86 bits per heavy atom. The lowest BCUT2D eigenvalue weighted by molar-refractivity contribution is 0.136. The molecule has 0 amide bonds. The van der Waals surface area contributed by atoms with Gasteiger partial charge in [-0.25, -0.2) is 8.42 Å². The van der Waals surface area contributed by atoms with Crippen LogP contribution in [0.3, 0.4) is 0 Å². The van der Waals surface area contributed by atoms with Gasteiger partial charge in [-0.3, -0.25) is 10.6 Å².